The van der Waals surface area contributed by atoms with Gasteiger partial charge in [-0.15, -0.1) is 0 Å². The normalized spacial score (nSPS) is 17.8. The van der Waals surface area contributed by atoms with E-state index in [1.54, 1.807) is 29.2 Å². The number of carbonyl (C=O) groups is 3. The zero-order valence-electron chi connectivity index (χ0n) is 23.2. The first kappa shape index (κ1) is 25.8. The summed E-state index contributed by atoms with van der Waals surface area (Å²) in [6.07, 6.45) is 1.07. The zero-order chi connectivity index (χ0) is 28.8. The van der Waals surface area contributed by atoms with Crippen LogP contribution in [0.15, 0.2) is 103 Å². The monoisotopic (exact) mass is 554 g/mol. The van der Waals surface area contributed by atoms with Crippen LogP contribution in [-0.2, 0) is 17.6 Å². The number of aryl methyl sites for hydroxylation is 1. The molecule has 5 aromatic rings. The van der Waals surface area contributed by atoms with Crippen LogP contribution in [0, 0.1) is 6.92 Å². The van der Waals surface area contributed by atoms with Crippen molar-refractivity contribution in [1.82, 2.24) is 15.2 Å². The first-order chi connectivity index (χ1) is 20.5. The molecule has 0 aliphatic carbocycles. The lowest BCUT2D eigenvalue weighted by atomic mass is 9.88. The number of nitrogens with one attached hydrogen (secondary N) is 2. The van der Waals surface area contributed by atoms with Gasteiger partial charge >= 0.3 is 6.03 Å². The molecule has 1 aromatic heterocycles. The van der Waals surface area contributed by atoms with E-state index < -0.39 is 18.1 Å². The molecule has 1 saturated heterocycles. The smallest absolute Gasteiger partial charge is 0.332 e. The van der Waals surface area contributed by atoms with E-state index in [-0.39, 0.29) is 11.8 Å². The van der Waals surface area contributed by atoms with Crippen LogP contribution in [0.1, 0.15) is 44.3 Å². The third-order valence-electron chi connectivity index (χ3n) is 8.37. The maximum Gasteiger partial charge on any atom is 0.332 e. The van der Waals surface area contributed by atoms with Crippen LogP contribution >= 0.6 is 0 Å². The maximum atomic E-state index is 14.3. The van der Waals surface area contributed by atoms with Gasteiger partial charge in [0, 0.05) is 29.6 Å². The fraction of sp³-hybridized carbons (Fsp3) is 0.171. The van der Waals surface area contributed by atoms with E-state index in [4.69, 9.17) is 0 Å². The van der Waals surface area contributed by atoms with E-state index in [0.717, 1.165) is 38.9 Å². The van der Waals surface area contributed by atoms with Gasteiger partial charge in [0.25, 0.3) is 11.8 Å². The summed E-state index contributed by atoms with van der Waals surface area (Å²) < 4.78 is 0. The second-order valence-corrected chi connectivity index (χ2v) is 11.0. The van der Waals surface area contributed by atoms with E-state index in [0.29, 0.717) is 30.6 Å². The van der Waals surface area contributed by atoms with Crippen molar-refractivity contribution in [3.05, 3.63) is 137 Å². The summed E-state index contributed by atoms with van der Waals surface area (Å²) in [6, 6.07) is 31.3. The molecule has 7 rings (SSSR count). The highest BCUT2D eigenvalue weighted by Crippen LogP contribution is 2.45. The molecule has 3 heterocycles. The molecule has 0 bridgehead atoms. The van der Waals surface area contributed by atoms with Gasteiger partial charge in [-0.25, -0.2) is 9.69 Å². The number of para-hydroxylation sites is 2. The number of anilines is 1. The van der Waals surface area contributed by atoms with Crippen LogP contribution in [0.25, 0.3) is 10.9 Å². The molecular weight excluding hydrogens is 524 g/mol. The highest BCUT2D eigenvalue weighted by Gasteiger charge is 2.53. The number of imide groups is 1. The Morgan fingerprint density at radius 2 is 1.60 bits per heavy atom. The number of rotatable bonds is 6. The van der Waals surface area contributed by atoms with E-state index in [1.807, 2.05) is 79.7 Å². The first-order valence-electron chi connectivity index (χ1n) is 14.2. The lowest BCUT2D eigenvalue weighted by Gasteiger charge is -2.36. The van der Waals surface area contributed by atoms with Gasteiger partial charge in [0.05, 0.1) is 11.3 Å². The van der Waals surface area contributed by atoms with Gasteiger partial charge in [-0.2, -0.15) is 0 Å². The number of hydrogen-bond donors (Lipinski definition) is 2. The lowest BCUT2D eigenvalue weighted by molar-refractivity contribution is -0.120. The Labute approximate surface area is 243 Å². The molecule has 7 nitrogen and oxygen atoms in total. The number of carbonyl (C=O) groups excluding carboxylic acids is 3. The largest absolute Gasteiger partial charge is 0.356 e. The summed E-state index contributed by atoms with van der Waals surface area (Å²) >= 11 is 0. The Morgan fingerprint density at radius 3 is 2.40 bits per heavy atom. The highest BCUT2D eigenvalue weighted by atomic mass is 16.2. The Bertz CT molecular complexity index is 1830. The van der Waals surface area contributed by atoms with E-state index in [9.17, 15) is 14.4 Å². The van der Waals surface area contributed by atoms with Crippen molar-refractivity contribution in [2.24, 2.45) is 0 Å². The third kappa shape index (κ3) is 4.25. The molecule has 2 unspecified atom stereocenters. The minimum absolute atomic E-state index is 0.294. The maximum absolute atomic E-state index is 14.3. The summed E-state index contributed by atoms with van der Waals surface area (Å²) in [5.74, 6) is -0.643. The van der Waals surface area contributed by atoms with E-state index in [1.165, 1.54) is 4.90 Å². The number of aromatic nitrogens is 1. The van der Waals surface area contributed by atoms with Gasteiger partial charge in [-0.1, -0.05) is 90.5 Å². The molecule has 208 valence electrons. The quantitative estimate of drug-likeness (QED) is 0.255. The summed E-state index contributed by atoms with van der Waals surface area (Å²) in [7, 11) is 0. The number of fused-ring (bicyclic) bond motifs is 4. The molecule has 1 fully saturated rings. The summed E-state index contributed by atoms with van der Waals surface area (Å²) in [5.41, 5.74) is 6.70. The molecule has 2 aliphatic heterocycles. The van der Waals surface area contributed by atoms with Gasteiger partial charge in [0.2, 0.25) is 0 Å². The second kappa shape index (κ2) is 10.3. The Hall–Kier alpha value is -5.17. The highest BCUT2D eigenvalue weighted by molar-refractivity contribution is 6.24. The topological polar surface area (TPSA) is 85.5 Å². The van der Waals surface area contributed by atoms with Gasteiger partial charge in [0.1, 0.15) is 12.1 Å². The Balaban J connectivity index is 1.25. The van der Waals surface area contributed by atoms with Gasteiger partial charge in [-0.3, -0.25) is 14.5 Å². The average molecular weight is 555 g/mol. The minimum atomic E-state index is -0.690. The molecule has 4 aromatic carbocycles. The van der Waals surface area contributed by atoms with Crippen LogP contribution in [-0.4, -0.2) is 40.3 Å². The second-order valence-electron chi connectivity index (χ2n) is 11.0. The molecule has 2 N–H and O–H groups in total. The van der Waals surface area contributed by atoms with Crippen molar-refractivity contribution >= 4 is 34.4 Å². The molecular formula is C35H30N4O3. The van der Waals surface area contributed by atoms with Gasteiger partial charge in [-0.05, 0) is 48.2 Å². The number of nitrogens with zero attached hydrogens (tertiary/aromatic N) is 2. The van der Waals surface area contributed by atoms with Gasteiger partial charge in [0.15, 0.2) is 0 Å². The molecule has 0 spiro atoms. The van der Waals surface area contributed by atoms with E-state index >= 15 is 0 Å². The number of hydrogen-bond acceptors (Lipinski definition) is 3. The summed E-state index contributed by atoms with van der Waals surface area (Å²) in [5, 5.41) is 4.02. The predicted molar refractivity (Wildman–Crippen MR) is 162 cm³/mol. The molecule has 2 atom stereocenters. The number of urea groups is 1. The zero-order valence-corrected chi connectivity index (χ0v) is 23.2. The standard InChI is InChI=1S/C35H30N4O3/c1-22-15-17-24(18-16-22)32-31-27(25-11-5-7-13-28(25)37-31)21-30-34(41)39(35(42)38(30)32)29-14-8-6-12-26(29)33(40)36-20-19-23-9-3-2-4-10-23/h2-18,30,32,37H,19-21H2,1H3,(H,36,40). The first-order valence-corrected chi connectivity index (χ1v) is 14.2. The predicted octanol–water partition coefficient (Wildman–Crippen LogP) is 5.93. The van der Waals surface area contributed by atoms with Crippen molar-refractivity contribution in [2.75, 3.05) is 11.4 Å². The SMILES string of the molecule is Cc1ccc(C2c3[nH]c4ccccc4c3CC3C(=O)N(c4ccccc4C(=O)NCCc4ccccc4)C(=O)N32)cc1. The lowest BCUT2D eigenvalue weighted by Crippen LogP contribution is -2.44. The minimum Gasteiger partial charge on any atom is -0.356 e. The van der Waals surface area contributed by atoms with E-state index in [2.05, 4.69) is 16.4 Å². The van der Waals surface area contributed by atoms with Crippen LogP contribution in [0.5, 0.6) is 0 Å². The Kier molecular flexibility index (Phi) is 6.35. The van der Waals surface area contributed by atoms with Crippen molar-refractivity contribution in [1.29, 1.82) is 0 Å². The third-order valence-corrected chi connectivity index (χ3v) is 8.37. The van der Waals surface area contributed by atoms with Crippen LogP contribution in [0.2, 0.25) is 0 Å². The number of H-pyrrole nitrogens is 1. The van der Waals surface area contributed by atoms with Crippen molar-refractivity contribution < 1.29 is 14.4 Å². The molecule has 2 aliphatic rings. The molecule has 4 amide bonds. The van der Waals surface area contributed by atoms with Crippen molar-refractivity contribution in [3.63, 3.8) is 0 Å². The Morgan fingerprint density at radius 1 is 0.881 bits per heavy atom. The number of aromatic amines is 1. The van der Waals surface area contributed by atoms with Crippen LogP contribution in [0.3, 0.4) is 0 Å². The van der Waals surface area contributed by atoms with Crippen LogP contribution < -0.4 is 10.2 Å². The average Bonchev–Trinajstić information content (AvgIpc) is 3.51. The molecule has 42 heavy (non-hydrogen) atoms. The van der Waals surface area contributed by atoms with Gasteiger partial charge < -0.3 is 10.3 Å². The van der Waals surface area contributed by atoms with Crippen molar-refractivity contribution in [2.45, 2.75) is 31.8 Å². The summed E-state index contributed by atoms with van der Waals surface area (Å²) in [6.45, 7) is 2.46. The molecule has 0 saturated carbocycles. The molecule has 0 radical (unpaired) electrons. The van der Waals surface area contributed by atoms with Crippen LogP contribution in [0.4, 0.5) is 10.5 Å². The fourth-order valence-corrected chi connectivity index (χ4v) is 6.31. The summed E-state index contributed by atoms with van der Waals surface area (Å²) in [4.78, 5) is 48.2. The number of amides is 4. The van der Waals surface area contributed by atoms with Crippen molar-refractivity contribution in [3.8, 4) is 0 Å². The fourth-order valence-electron chi connectivity index (χ4n) is 6.31. The number of benzene rings is 4. The molecule has 7 heteroatoms.